The molecule has 0 amide bonds. The summed E-state index contributed by atoms with van der Waals surface area (Å²) in [6, 6.07) is 0.121. The fourth-order valence-electron chi connectivity index (χ4n) is 1.30. The minimum atomic E-state index is 0.121. The van der Waals surface area contributed by atoms with Crippen molar-refractivity contribution in [2.45, 2.75) is 40.2 Å². The van der Waals surface area contributed by atoms with Gasteiger partial charge >= 0.3 is 0 Å². The van der Waals surface area contributed by atoms with Crippen LogP contribution in [0.15, 0.2) is 11.2 Å². The molecule has 0 bridgehead atoms. The van der Waals surface area contributed by atoms with Crippen LogP contribution in [0.25, 0.3) is 0 Å². The molecule has 0 aromatic carbocycles. The molecule has 1 unspecified atom stereocenters. The van der Waals surface area contributed by atoms with Crippen molar-refractivity contribution in [1.82, 2.24) is 10.3 Å². The highest BCUT2D eigenvalue weighted by atomic mass is 32.1. The predicted octanol–water partition coefficient (Wildman–Crippen LogP) is 2.33. The molecule has 0 saturated carbocycles. The minimum Gasteiger partial charge on any atom is -0.370 e. The quantitative estimate of drug-likeness (QED) is 0.626. The first-order chi connectivity index (χ1) is 8.02. The van der Waals surface area contributed by atoms with Crippen molar-refractivity contribution in [3.63, 3.8) is 0 Å². The average molecular weight is 254 g/mol. The Balaban J connectivity index is 2.53. The SMILES string of the molecule is CCc1cnc(C(C)NC(N)=NCC(C)C)s1. The minimum absolute atomic E-state index is 0.121. The number of nitrogens with two attached hydrogens (primary N) is 1. The van der Waals surface area contributed by atoms with Gasteiger partial charge in [-0.15, -0.1) is 11.3 Å². The normalized spacial score (nSPS) is 14.1. The molecule has 0 aliphatic heterocycles. The third kappa shape index (κ3) is 4.73. The number of aliphatic imine (C=N–C) groups is 1. The molecule has 4 nitrogen and oxygen atoms in total. The van der Waals surface area contributed by atoms with Crippen molar-refractivity contribution >= 4 is 17.3 Å². The van der Waals surface area contributed by atoms with E-state index < -0.39 is 0 Å². The van der Waals surface area contributed by atoms with Crippen LogP contribution in [0.3, 0.4) is 0 Å². The van der Waals surface area contributed by atoms with E-state index in [4.69, 9.17) is 5.73 Å². The van der Waals surface area contributed by atoms with Crippen LogP contribution < -0.4 is 11.1 Å². The zero-order valence-electron chi connectivity index (χ0n) is 11.0. The molecule has 1 atom stereocenters. The second kappa shape index (κ2) is 6.59. The Bertz CT molecular complexity index is 370. The topological polar surface area (TPSA) is 63.3 Å². The summed E-state index contributed by atoms with van der Waals surface area (Å²) in [7, 11) is 0. The third-order valence-corrected chi connectivity index (χ3v) is 3.61. The van der Waals surface area contributed by atoms with Gasteiger partial charge in [0.05, 0.1) is 6.04 Å². The number of thiazole rings is 1. The Morgan fingerprint density at radius 3 is 2.76 bits per heavy atom. The van der Waals surface area contributed by atoms with E-state index in [0.717, 1.165) is 18.0 Å². The van der Waals surface area contributed by atoms with Gasteiger partial charge in [0.15, 0.2) is 5.96 Å². The number of aryl methyl sites for hydroxylation is 1. The third-order valence-electron chi connectivity index (χ3n) is 2.28. The first-order valence-electron chi connectivity index (χ1n) is 6.04. The van der Waals surface area contributed by atoms with Gasteiger partial charge in [0, 0.05) is 17.6 Å². The standard InChI is InChI=1S/C12H22N4S/c1-5-10-7-14-11(17-10)9(4)16-12(13)15-6-8(2)3/h7-9H,5-6H2,1-4H3,(H3,13,15,16). The molecular formula is C12H22N4S. The smallest absolute Gasteiger partial charge is 0.189 e. The van der Waals surface area contributed by atoms with E-state index in [1.165, 1.54) is 4.88 Å². The molecule has 0 aliphatic rings. The maximum atomic E-state index is 5.82. The molecule has 0 aliphatic carbocycles. The molecule has 3 N–H and O–H groups in total. The van der Waals surface area contributed by atoms with Gasteiger partial charge in [0.1, 0.15) is 5.01 Å². The van der Waals surface area contributed by atoms with Crippen molar-refractivity contribution in [1.29, 1.82) is 0 Å². The number of hydrogen-bond acceptors (Lipinski definition) is 3. The molecule has 1 rings (SSSR count). The largest absolute Gasteiger partial charge is 0.370 e. The molecule has 5 heteroatoms. The lowest BCUT2D eigenvalue weighted by Gasteiger charge is -2.12. The number of guanidine groups is 1. The second-order valence-electron chi connectivity index (χ2n) is 4.50. The number of rotatable bonds is 5. The Morgan fingerprint density at radius 1 is 1.53 bits per heavy atom. The molecule has 0 radical (unpaired) electrons. The van der Waals surface area contributed by atoms with Crippen molar-refractivity contribution in [2.75, 3.05) is 6.54 Å². The predicted molar refractivity (Wildman–Crippen MR) is 74.4 cm³/mol. The molecule has 1 aromatic rings. The molecular weight excluding hydrogens is 232 g/mol. The zero-order valence-corrected chi connectivity index (χ0v) is 11.8. The lowest BCUT2D eigenvalue weighted by molar-refractivity contribution is 0.651. The lowest BCUT2D eigenvalue weighted by Crippen LogP contribution is -2.34. The molecule has 1 heterocycles. The van der Waals surface area contributed by atoms with Crippen molar-refractivity contribution in [3.05, 3.63) is 16.1 Å². The summed E-state index contributed by atoms with van der Waals surface area (Å²) < 4.78 is 0. The van der Waals surface area contributed by atoms with Gasteiger partial charge in [-0.25, -0.2) is 4.98 Å². The molecule has 96 valence electrons. The summed E-state index contributed by atoms with van der Waals surface area (Å²) >= 11 is 1.72. The van der Waals surface area contributed by atoms with E-state index in [1.807, 2.05) is 6.20 Å². The number of nitrogens with one attached hydrogen (secondary N) is 1. The van der Waals surface area contributed by atoms with Crippen LogP contribution in [0.2, 0.25) is 0 Å². The Labute approximate surface area is 107 Å². The van der Waals surface area contributed by atoms with E-state index >= 15 is 0 Å². The van der Waals surface area contributed by atoms with Crippen LogP contribution in [-0.4, -0.2) is 17.5 Å². The van der Waals surface area contributed by atoms with Crippen LogP contribution in [0.4, 0.5) is 0 Å². The number of hydrogen-bond donors (Lipinski definition) is 2. The average Bonchev–Trinajstić information content (AvgIpc) is 2.74. The summed E-state index contributed by atoms with van der Waals surface area (Å²) in [5.74, 6) is 1.02. The molecule has 1 aromatic heterocycles. The highest BCUT2D eigenvalue weighted by Crippen LogP contribution is 2.19. The lowest BCUT2D eigenvalue weighted by atomic mass is 10.2. The summed E-state index contributed by atoms with van der Waals surface area (Å²) in [6.07, 6.45) is 2.96. The maximum Gasteiger partial charge on any atom is 0.189 e. The van der Waals surface area contributed by atoms with Gasteiger partial charge in [-0.3, -0.25) is 4.99 Å². The Hall–Kier alpha value is -1.10. The first kappa shape index (κ1) is 14.0. The first-order valence-corrected chi connectivity index (χ1v) is 6.85. The Morgan fingerprint density at radius 2 is 2.24 bits per heavy atom. The summed E-state index contributed by atoms with van der Waals surface area (Å²) in [5, 5.41) is 4.22. The van der Waals surface area contributed by atoms with Gasteiger partial charge in [-0.05, 0) is 19.3 Å². The zero-order chi connectivity index (χ0) is 12.8. The second-order valence-corrected chi connectivity index (χ2v) is 5.65. The summed E-state index contributed by atoms with van der Waals surface area (Å²) in [6.45, 7) is 9.18. The van der Waals surface area contributed by atoms with Crippen LogP contribution in [-0.2, 0) is 6.42 Å². The summed E-state index contributed by atoms with van der Waals surface area (Å²) in [4.78, 5) is 9.95. The van der Waals surface area contributed by atoms with Crippen molar-refractivity contribution in [2.24, 2.45) is 16.6 Å². The van der Waals surface area contributed by atoms with Gasteiger partial charge in [0.25, 0.3) is 0 Å². The van der Waals surface area contributed by atoms with Gasteiger partial charge in [0.2, 0.25) is 0 Å². The van der Waals surface area contributed by atoms with E-state index in [1.54, 1.807) is 11.3 Å². The monoisotopic (exact) mass is 254 g/mol. The van der Waals surface area contributed by atoms with E-state index in [9.17, 15) is 0 Å². The van der Waals surface area contributed by atoms with Crippen molar-refractivity contribution < 1.29 is 0 Å². The number of nitrogens with zero attached hydrogens (tertiary/aromatic N) is 2. The van der Waals surface area contributed by atoms with Crippen LogP contribution in [0.1, 0.15) is 43.6 Å². The van der Waals surface area contributed by atoms with E-state index in [0.29, 0.717) is 11.9 Å². The van der Waals surface area contributed by atoms with Gasteiger partial charge in [-0.1, -0.05) is 20.8 Å². The number of aromatic nitrogens is 1. The van der Waals surface area contributed by atoms with Crippen LogP contribution in [0, 0.1) is 5.92 Å². The highest BCUT2D eigenvalue weighted by Gasteiger charge is 2.10. The molecule has 17 heavy (non-hydrogen) atoms. The van der Waals surface area contributed by atoms with Gasteiger partial charge in [-0.2, -0.15) is 0 Å². The molecule has 0 fully saturated rings. The fraction of sp³-hybridized carbons (Fsp3) is 0.667. The molecule has 0 spiro atoms. The maximum absolute atomic E-state index is 5.82. The van der Waals surface area contributed by atoms with Crippen LogP contribution >= 0.6 is 11.3 Å². The Kier molecular flexibility index (Phi) is 5.41. The molecule has 0 saturated heterocycles. The van der Waals surface area contributed by atoms with E-state index in [2.05, 4.69) is 43.0 Å². The van der Waals surface area contributed by atoms with Crippen molar-refractivity contribution in [3.8, 4) is 0 Å². The van der Waals surface area contributed by atoms with Gasteiger partial charge < -0.3 is 11.1 Å². The van der Waals surface area contributed by atoms with E-state index in [-0.39, 0.29) is 6.04 Å². The van der Waals surface area contributed by atoms with Crippen LogP contribution in [0.5, 0.6) is 0 Å². The highest BCUT2D eigenvalue weighted by molar-refractivity contribution is 7.11. The summed E-state index contributed by atoms with van der Waals surface area (Å²) in [5.41, 5.74) is 5.82. The fourth-order valence-corrected chi connectivity index (χ4v) is 2.16.